The molecule has 16 heavy (non-hydrogen) atoms. The van der Waals surface area contributed by atoms with Crippen LogP contribution in [0.4, 0.5) is 0 Å². The molecule has 0 aromatic heterocycles. The van der Waals surface area contributed by atoms with Crippen LogP contribution in [-0.2, 0) is 4.74 Å². The van der Waals surface area contributed by atoms with Gasteiger partial charge >= 0.3 is 0 Å². The van der Waals surface area contributed by atoms with Crippen molar-refractivity contribution in [3.8, 4) is 0 Å². The standard InChI is InChI=1S/C14H29NO/c1-6-16-14(4,5)10-15-13-8-7-11(2)9-12(13)3/h11-13,15H,6-10H2,1-5H3. The average Bonchev–Trinajstić information content (AvgIpc) is 2.16. The van der Waals surface area contributed by atoms with Gasteiger partial charge in [-0.25, -0.2) is 0 Å². The zero-order chi connectivity index (χ0) is 12.2. The summed E-state index contributed by atoms with van der Waals surface area (Å²) in [6.45, 7) is 12.9. The van der Waals surface area contributed by atoms with Crippen LogP contribution in [0, 0.1) is 11.8 Å². The molecule has 1 fully saturated rings. The molecule has 2 nitrogen and oxygen atoms in total. The summed E-state index contributed by atoms with van der Waals surface area (Å²) in [5.74, 6) is 1.72. The van der Waals surface area contributed by atoms with E-state index in [9.17, 15) is 0 Å². The van der Waals surface area contributed by atoms with E-state index in [1.54, 1.807) is 0 Å². The maximum absolute atomic E-state index is 5.71. The van der Waals surface area contributed by atoms with Crippen molar-refractivity contribution in [3.63, 3.8) is 0 Å². The molecule has 3 atom stereocenters. The van der Waals surface area contributed by atoms with Crippen molar-refractivity contribution in [1.82, 2.24) is 5.32 Å². The van der Waals surface area contributed by atoms with E-state index in [0.717, 1.165) is 25.0 Å². The van der Waals surface area contributed by atoms with E-state index in [1.165, 1.54) is 19.3 Å². The highest BCUT2D eigenvalue weighted by molar-refractivity contribution is 4.83. The van der Waals surface area contributed by atoms with Gasteiger partial charge in [-0.2, -0.15) is 0 Å². The molecular formula is C14H29NO. The van der Waals surface area contributed by atoms with Crippen LogP contribution in [0.1, 0.15) is 53.9 Å². The lowest BCUT2D eigenvalue weighted by molar-refractivity contribution is -0.0130. The second kappa shape index (κ2) is 6.02. The molecule has 2 heteroatoms. The van der Waals surface area contributed by atoms with Gasteiger partial charge in [-0.15, -0.1) is 0 Å². The Morgan fingerprint density at radius 1 is 1.25 bits per heavy atom. The normalized spacial score (nSPS) is 31.7. The van der Waals surface area contributed by atoms with Gasteiger partial charge in [0.05, 0.1) is 5.60 Å². The first-order chi connectivity index (χ1) is 7.44. The fourth-order valence-corrected chi connectivity index (χ4v) is 2.79. The highest BCUT2D eigenvalue weighted by atomic mass is 16.5. The zero-order valence-corrected chi connectivity index (χ0v) is 11.7. The first-order valence-electron chi connectivity index (χ1n) is 6.82. The fourth-order valence-electron chi connectivity index (χ4n) is 2.79. The minimum absolute atomic E-state index is 0.0302. The lowest BCUT2D eigenvalue weighted by atomic mass is 9.80. The van der Waals surface area contributed by atoms with Gasteiger partial charge in [0.25, 0.3) is 0 Å². The monoisotopic (exact) mass is 227 g/mol. The van der Waals surface area contributed by atoms with Crippen LogP contribution in [-0.4, -0.2) is 24.8 Å². The fraction of sp³-hybridized carbons (Fsp3) is 1.00. The Labute approximate surface area is 101 Å². The van der Waals surface area contributed by atoms with Crippen LogP contribution in [0.2, 0.25) is 0 Å². The largest absolute Gasteiger partial charge is 0.375 e. The summed E-state index contributed by atoms with van der Waals surface area (Å²) < 4.78 is 5.71. The molecule has 0 aromatic rings. The summed E-state index contributed by atoms with van der Waals surface area (Å²) in [4.78, 5) is 0. The quantitative estimate of drug-likeness (QED) is 0.778. The van der Waals surface area contributed by atoms with Gasteiger partial charge in [0.15, 0.2) is 0 Å². The Kier molecular flexibility index (Phi) is 5.26. The minimum atomic E-state index is -0.0302. The van der Waals surface area contributed by atoms with Gasteiger partial charge in [0.2, 0.25) is 0 Å². The van der Waals surface area contributed by atoms with Crippen molar-refractivity contribution in [2.75, 3.05) is 13.2 Å². The Bertz CT molecular complexity index is 203. The lowest BCUT2D eigenvalue weighted by Crippen LogP contribution is -2.46. The predicted molar refractivity (Wildman–Crippen MR) is 69.7 cm³/mol. The Balaban J connectivity index is 2.32. The maximum atomic E-state index is 5.71. The molecule has 0 radical (unpaired) electrons. The lowest BCUT2D eigenvalue weighted by Gasteiger charge is -2.36. The molecule has 0 saturated heterocycles. The minimum Gasteiger partial charge on any atom is -0.375 e. The Morgan fingerprint density at radius 3 is 2.50 bits per heavy atom. The Morgan fingerprint density at radius 2 is 1.94 bits per heavy atom. The third-order valence-electron chi connectivity index (χ3n) is 3.76. The number of hydrogen-bond donors (Lipinski definition) is 1. The molecular weight excluding hydrogens is 198 g/mol. The first-order valence-corrected chi connectivity index (χ1v) is 6.82. The summed E-state index contributed by atoms with van der Waals surface area (Å²) in [6.07, 6.45) is 4.06. The highest BCUT2D eigenvalue weighted by Gasteiger charge is 2.27. The third-order valence-corrected chi connectivity index (χ3v) is 3.76. The second-order valence-corrected chi connectivity index (χ2v) is 6.08. The SMILES string of the molecule is CCOC(C)(C)CNC1CCC(C)CC1C. The molecule has 1 saturated carbocycles. The van der Waals surface area contributed by atoms with E-state index in [1.807, 2.05) is 0 Å². The van der Waals surface area contributed by atoms with Crippen LogP contribution in [0.3, 0.4) is 0 Å². The summed E-state index contributed by atoms with van der Waals surface area (Å²) in [6, 6.07) is 0.691. The molecule has 1 N–H and O–H groups in total. The van der Waals surface area contributed by atoms with Gasteiger partial charge < -0.3 is 10.1 Å². The van der Waals surface area contributed by atoms with E-state index in [0.29, 0.717) is 6.04 Å². The van der Waals surface area contributed by atoms with Gasteiger partial charge in [-0.3, -0.25) is 0 Å². The van der Waals surface area contributed by atoms with Crippen LogP contribution in [0.15, 0.2) is 0 Å². The third kappa shape index (κ3) is 4.42. The number of rotatable bonds is 5. The summed E-state index contributed by atoms with van der Waals surface area (Å²) in [7, 11) is 0. The Hall–Kier alpha value is -0.0800. The molecule has 0 aromatic carbocycles. The number of ether oxygens (including phenoxy) is 1. The molecule has 1 aliphatic rings. The molecule has 1 aliphatic carbocycles. The highest BCUT2D eigenvalue weighted by Crippen LogP contribution is 2.28. The zero-order valence-electron chi connectivity index (χ0n) is 11.7. The first kappa shape index (κ1) is 14.0. The van der Waals surface area contributed by atoms with Crippen molar-refractivity contribution < 1.29 is 4.74 Å². The average molecular weight is 227 g/mol. The number of nitrogens with one attached hydrogen (secondary N) is 1. The van der Waals surface area contributed by atoms with Crippen molar-refractivity contribution in [3.05, 3.63) is 0 Å². The topological polar surface area (TPSA) is 21.3 Å². The molecule has 0 bridgehead atoms. The van der Waals surface area contributed by atoms with Crippen molar-refractivity contribution in [2.24, 2.45) is 11.8 Å². The van der Waals surface area contributed by atoms with Gasteiger partial charge in [0.1, 0.15) is 0 Å². The van der Waals surface area contributed by atoms with E-state index in [4.69, 9.17) is 4.74 Å². The van der Waals surface area contributed by atoms with Gasteiger partial charge in [-0.1, -0.05) is 13.8 Å². The van der Waals surface area contributed by atoms with Crippen LogP contribution in [0.5, 0.6) is 0 Å². The molecule has 3 unspecified atom stereocenters. The molecule has 1 rings (SSSR count). The maximum Gasteiger partial charge on any atom is 0.0750 e. The van der Waals surface area contributed by atoms with Crippen LogP contribution >= 0.6 is 0 Å². The van der Waals surface area contributed by atoms with E-state index in [-0.39, 0.29) is 5.60 Å². The summed E-state index contributed by atoms with van der Waals surface area (Å²) in [5, 5.41) is 3.69. The molecule has 0 spiro atoms. The van der Waals surface area contributed by atoms with Crippen molar-refractivity contribution >= 4 is 0 Å². The van der Waals surface area contributed by atoms with Gasteiger partial charge in [0, 0.05) is 19.2 Å². The van der Waals surface area contributed by atoms with Crippen LogP contribution < -0.4 is 5.32 Å². The second-order valence-electron chi connectivity index (χ2n) is 6.08. The molecule has 96 valence electrons. The summed E-state index contributed by atoms with van der Waals surface area (Å²) in [5.41, 5.74) is -0.0302. The van der Waals surface area contributed by atoms with Gasteiger partial charge in [-0.05, 0) is 51.9 Å². The number of hydrogen-bond acceptors (Lipinski definition) is 2. The molecule has 0 amide bonds. The smallest absolute Gasteiger partial charge is 0.0750 e. The summed E-state index contributed by atoms with van der Waals surface area (Å²) >= 11 is 0. The molecule has 0 aliphatic heterocycles. The van der Waals surface area contributed by atoms with Crippen molar-refractivity contribution in [1.29, 1.82) is 0 Å². The van der Waals surface area contributed by atoms with Crippen LogP contribution in [0.25, 0.3) is 0 Å². The predicted octanol–water partition coefficient (Wildman–Crippen LogP) is 3.22. The van der Waals surface area contributed by atoms with E-state index in [2.05, 4.69) is 39.9 Å². The van der Waals surface area contributed by atoms with E-state index < -0.39 is 0 Å². The van der Waals surface area contributed by atoms with E-state index >= 15 is 0 Å². The van der Waals surface area contributed by atoms with Crippen molar-refractivity contribution in [2.45, 2.75) is 65.5 Å². The molecule has 0 heterocycles.